The molecule has 1 fully saturated rings. The third-order valence-electron chi connectivity index (χ3n) is 3.94. The highest BCUT2D eigenvalue weighted by molar-refractivity contribution is 7.89. The molecule has 7 nitrogen and oxygen atoms in total. The van der Waals surface area contributed by atoms with E-state index >= 15 is 0 Å². The van der Waals surface area contributed by atoms with Crippen molar-refractivity contribution >= 4 is 21.4 Å². The van der Waals surface area contributed by atoms with Crippen molar-refractivity contribution < 1.29 is 13.3 Å². The van der Waals surface area contributed by atoms with Gasteiger partial charge in [-0.15, -0.1) is 0 Å². The van der Waals surface area contributed by atoms with Gasteiger partial charge in [-0.3, -0.25) is 10.1 Å². The number of nitrogen functional groups attached to an aromatic ring is 1. The molecular formula is C13H19N3O4S. The Morgan fingerprint density at radius 3 is 2.62 bits per heavy atom. The summed E-state index contributed by atoms with van der Waals surface area (Å²) in [6.07, 6.45) is 2.37. The predicted octanol–water partition coefficient (Wildman–Crippen LogP) is 2.13. The van der Waals surface area contributed by atoms with Gasteiger partial charge in [-0.2, -0.15) is 4.31 Å². The molecule has 0 aromatic heterocycles. The number of hydrogen-bond acceptors (Lipinski definition) is 5. The van der Waals surface area contributed by atoms with E-state index in [1.54, 1.807) is 0 Å². The summed E-state index contributed by atoms with van der Waals surface area (Å²) < 4.78 is 27.1. The Hall–Kier alpha value is -1.67. The molecule has 1 aliphatic heterocycles. The van der Waals surface area contributed by atoms with Crippen LogP contribution >= 0.6 is 0 Å². The summed E-state index contributed by atoms with van der Waals surface area (Å²) >= 11 is 0. The van der Waals surface area contributed by atoms with Gasteiger partial charge in [-0.1, -0.05) is 6.92 Å². The molecule has 21 heavy (non-hydrogen) atoms. The molecule has 2 rings (SSSR count). The van der Waals surface area contributed by atoms with Gasteiger partial charge in [0, 0.05) is 24.2 Å². The number of nitro groups is 1. The van der Waals surface area contributed by atoms with Gasteiger partial charge in [-0.05, 0) is 32.3 Å². The quantitative estimate of drug-likeness (QED) is 0.520. The molecule has 2 atom stereocenters. The van der Waals surface area contributed by atoms with E-state index in [0.717, 1.165) is 25.3 Å². The Labute approximate surface area is 123 Å². The molecule has 1 saturated heterocycles. The second-order valence-electron chi connectivity index (χ2n) is 5.30. The first-order valence-corrected chi connectivity index (χ1v) is 8.30. The second-order valence-corrected chi connectivity index (χ2v) is 7.11. The van der Waals surface area contributed by atoms with Crippen molar-refractivity contribution in [1.29, 1.82) is 0 Å². The van der Waals surface area contributed by atoms with Crippen molar-refractivity contribution in [1.82, 2.24) is 4.31 Å². The number of rotatable bonds is 4. The molecule has 1 aliphatic rings. The molecule has 2 unspecified atom stereocenters. The standard InChI is InChI=1S/C13H19N3O4S/c1-3-10-5-4-9(2)15(10)21(19,20)13-7-6-11(16(17)18)8-12(13)14/h6-10H,3-5,14H2,1-2H3. The van der Waals surface area contributed by atoms with E-state index in [0.29, 0.717) is 0 Å². The van der Waals surface area contributed by atoms with Crippen molar-refractivity contribution in [2.24, 2.45) is 0 Å². The lowest BCUT2D eigenvalue weighted by atomic mass is 10.2. The molecule has 0 aliphatic carbocycles. The van der Waals surface area contributed by atoms with Crippen LogP contribution < -0.4 is 5.73 Å². The molecular weight excluding hydrogens is 294 g/mol. The molecule has 1 aromatic rings. The van der Waals surface area contributed by atoms with Crippen LogP contribution in [0.5, 0.6) is 0 Å². The van der Waals surface area contributed by atoms with Gasteiger partial charge in [0.25, 0.3) is 5.69 Å². The summed E-state index contributed by atoms with van der Waals surface area (Å²) in [7, 11) is -3.74. The van der Waals surface area contributed by atoms with Crippen LogP contribution in [0.4, 0.5) is 11.4 Å². The lowest BCUT2D eigenvalue weighted by Crippen LogP contribution is -2.39. The van der Waals surface area contributed by atoms with Gasteiger partial charge < -0.3 is 5.73 Å². The zero-order valence-corrected chi connectivity index (χ0v) is 12.8. The van der Waals surface area contributed by atoms with Gasteiger partial charge >= 0.3 is 0 Å². The minimum Gasteiger partial charge on any atom is -0.397 e. The highest BCUT2D eigenvalue weighted by Gasteiger charge is 2.40. The molecule has 0 spiro atoms. The Morgan fingerprint density at radius 2 is 2.10 bits per heavy atom. The van der Waals surface area contributed by atoms with E-state index in [9.17, 15) is 18.5 Å². The van der Waals surface area contributed by atoms with Gasteiger partial charge in [0.1, 0.15) is 4.90 Å². The first-order chi connectivity index (χ1) is 9.78. The largest absolute Gasteiger partial charge is 0.397 e. The van der Waals surface area contributed by atoms with Crippen LogP contribution in [0.2, 0.25) is 0 Å². The fourth-order valence-corrected chi connectivity index (χ4v) is 4.91. The first-order valence-electron chi connectivity index (χ1n) is 6.86. The van der Waals surface area contributed by atoms with Crippen LogP contribution in [0, 0.1) is 10.1 Å². The minimum absolute atomic E-state index is 0.0420. The summed E-state index contributed by atoms with van der Waals surface area (Å²) in [5.74, 6) is 0. The van der Waals surface area contributed by atoms with E-state index in [1.807, 2.05) is 13.8 Å². The number of hydrogen-bond donors (Lipinski definition) is 1. The highest BCUT2D eigenvalue weighted by atomic mass is 32.2. The number of sulfonamides is 1. The smallest absolute Gasteiger partial charge is 0.271 e. The van der Waals surface area contributed by atoms with Crippen molar-refractivity contribution in [3.8, 4) is 0 Å². The maximum Gasteiger partial charge on any atom is 0.271 e. The molecule has 8 heteroatoms. The average molecular weight is 313 g/mol. The van der Waals surface area contributed by atoms with Crippen molar-refractivity contribution in [3.05, 3.63) is 28.3 Å². The zero-order valence-electron chi connectivity index (χ0n) is 12.0. The van der Waals surface area contributed by atoms with Gasteiger partial charge in [0.2, 0.25) is 10.0 Å². The van der Waals surface area contributed by atoms with Crippen molar-refractivity contribution in [2.45, 2.75) is 50.1 Å². The van der Waals surface area contributed by atoms with Crippen LogP contribution in [-0.4, -0.2) is 29.7 Å². The van der Waals surface area contributed by atoms with Gasteiger partial charge in [0.15, 0.2) is 0 Å². The van der Waals surface area contributed by atoms with Gasteiger partial charge in [-0.25, -0.2) is 8.42 Å². The normalized spacial score (nSPS) is 23.3. The van der Waals surface area contributed by atoms with Crippen LogP contribution in [0.3, 0.4) is 0 Å². The summed E-state index contributed by atoms with van der Waals surface area (Å²) in [5.41, 5.74) is 5.44. The Kier molecular flexibility index (Phi) is 4.20. The third kappa shape index (κ3) is 2.73. The topological polar surface area (TPSA) is 107 Å². The van der Waals surface area contributed by atoms with E-state index in [1.165, 1.54) is 16.4 Å². The summed E-state index contributed by atoms with van der Waals surface area (Å²) in [6, 6.07) is 3.36. The summed E-state index contributed by atoms with van der Waals surface area (Å²) in [5, 5.41) is 10.7. The van der Waals surface area contributed by atoms with E-state index < -0.39 is 14.9 Å². The monoisotopic (exact) mass is 313 g/mol. The predicted molar refractivity (Wildman–Crippen MR) is 79.3 cm³/mol. The summed E-state index contributed by atoms with van der Waals surface area (Å²) in [6.45, 7) is 3.82. The molecule has 0 radical (unpaired) electrons. The third-order valence-corrected chi connectivity index (χ3v) is 6.08. The Bertz CT molecular complexity index is 659. The molecule has 1 heterocycles. The lowest BCUT2D eigenvalue weighted by Gasteiger charge is -2.27. The van der Waals surface area contributed by atoms with E-state index in [2.05, 4.69) is 0 Å². The number of anilines is 1. The Morgan fingerprint density at radius 1 is 1.43 bits per heavy atom. The maximum absolute atomic E-state index is 12.8. The fourth-order valence-electron chi connectivity index (χ4n) is 2.86. The molecule has 1 aromatic carbocycles. The fraction of sp³-hybridized carbons (Fsp3) is 0.538. The minimum atomic E-state index is -3.74. The molecule has 0 saturated carbocycles. The van der Waals surface area contributed by atoms with Crippen LogP contribution in [0.15, 0.2) is 23.1 Å². The van der Waals surface area contributed by atoms with Gasteiger partial charge in [0.05, 0.1) is 10.6 Å². The van der Waals surface area contributed by atoms with E-state index in [-0.39, 0.29) is 28.4 Å². The molecule has 0 bridgehead atoms. The molecule has 2 N–H and O–H groups in total. The first kappa shape index (κ1) is 15.7. The summed E-state index contributed by atoms with van der Waals surface area (Å²) in [4.78, 5) is 10.1. The maximum atomic E-state index is 12.8. The van der Waals surface area contributed by atoms with Crippen LogP contribution in [-0.2, 0) is 10.0 Å². The van der Waals surface area contributed by atoms with E-state index in [4.69, 9.17) is 5.73 Å². The van der Waals surface area contributed by atoms with Crippen molar-refractivity contribution in [3.63, 3.8) is 0 Å². The number of benzene rings is 1. The van der Waals surface area contributed by atoms with Crippen LogP contribution in [0.25, 0.3) is 0 Å². The number of nitrogens with zero attached hydrogens (tertiary/aromatic N) is 2. The SMILES string of the molecule is CCC1CCC(C)N1S(=O)(=O)c1ccc([N+](=O)[O-])cc1N. The molecule has 116 valence electrons. The van der Waals surface area contributed by atoms with Crippen LogP contribution in [0.1, 0.15) is 33.1 Å². The lowest BCUT2D eigenvalue weighted by molar-refractivity contribution is -0.384. The molecule has 0 amide bonds. The Balaban J connectivity index is 2.47. The number of nitrogens with two attached hydrogens (primary N) is 1. The average Bonchev–Trinajstić information content (AvgIpc) is 2.80. The zero-order chi connectivity index (χ0) is 15.8. The number of non-ortho nitro benzene ring substituents is 1. The highest BCUT2D eigenvalue weighted by Crippen LogP contribution is 2.35. The van der Waals surface area contributed by atoms with Crippen molar-refractivity contribution in [2.75, 3.05) is 5.73 Å². The second kappa shape index (κ2) is 5.61. The number of nitro benzene ring substituents is 1.